The molecule has 1 N–H and O–H groups in total. The van der Waals surface area contributed by atoms with Crippen LogP contribution in [0.5, 0.6) is 5.88 Å². The van der Waals surface area contributed by atoms with Crippen LogP contribution in [0.25, 0.3) is 0 Å². The van der Waals surface area contributed by atoms with Gasteiger partial charge in [0.2, 0.25) is 0 Å². The van der Waals surface area contributed by atoms with Gasteiger partial charge < -0.3 is 10.1 Å². The van der Waals surface area contributed by atoms with Gasteiger partial charge in [0.25, 0.3) is 5.88 Å². The van der Waals surface area contributed by atoms with Crippen LogP contribution in [0, 0.1) is 11.7 Å². The van der Waals surface area contributed by atoms with Crippen molar-refractivity contribution in [1.29, 1.82) is 0 Å². The maximum absolute atomic E-state index is 14.4. The molecule has 1 aliphatic rings. The third-order valence-corrected chi connectivity index (χ3v) is 3.98. The average molecular weight is 280 g/mol. The van der Waals surface area contributed by atoms with E-state index < -0.39 is 0 Å². The Morgan fingerprint density at radius 1 is 1.40 bits per heavy atom. The molecule has 0 bridgehead atoms. The maximum atomic E-state index is 14.4. The van der Waals surface area contributed by atoms with Gasteiger partial charge >= 0.3 is 0 Å². The van der Waals surface area contributed by atoms with Crippen molar-refractivity contribution in [1.82, 2.24) is 10.3 Å². The van der Waals surface area contributed by atoms with Crippen molar-refractivity contribution in [3.8, 4) is 5.88 Å². The molecule has 3 nitrogen and oxygen atoms in total. The zero-order valence-electron chi connectivity index (χ0n) is 12.5. The van der Waals surface area contributed by atoms with Crippen LogP contribution in [-0.2, 0) is 6.54 Å². The van der Waals surface area contributed by atoms with Gasteiger partial charge in [0.05, 0.1) is 0 Å². The Hall–Kier alpha value is -1.16. The molecule has 2 rings (SSSR count). The molecule has 1 fully saturated rings. The number of rotatable bonds is 6. The summed E-state index contributed by atoms with van der Waals surface area (Å²) in [6, 6.07) is 1.72. The van der Waals surface area contributed by atoms with Crippen molar-refractivity contribution in [3.05, 3.63) is 23.6 Å². The van der Waals surface area contributed by atoms with Gasteiger partial charge in [0.15, 0.2) is 5.82 Å². The van der Waals surface area contributed by atoms with E-state index in [0.717, 1.165) is 32.2 Å². The molecule has 0 aromatic carbocycles. The molecule has 1 aromatic heterocycles. The lowest BCUT2D eigenvalue weighted by Gasteiger charge is -2.29. The van der Waals surface area contributed by atoms with E-state index in [9.17, 15) is 4.39 Å². The summed E-state index contributed by atoms with van der Waals surface area (Å²) in [5.41, 5.74) is 0.631. The van der Waals surface area contributed by atoms with E-state index in [2.05, 4.69) is 24.1 Å². The summed E-state index contributed by atoms with van der Waals surface area (Å²) < 4.78 is 20.2. The highest BCUT2D eigenvalue weighted by molar-refractivity contribution is 5.23. The van der Waals surface area contributed by atoms with Crippen LogP contribution in [0.2, 0.25) is 0 Å². The van der Waals surface area contributed by atoms with Gasteiger partial charge in [-0.15, -0.1) is 0 Å². The molecular formula is C16H25FN2O. The topological polar surface area (TPSA) is 34.2 Å². The molecule has 1 aromatic rings. The second-order valence-corrected chi connectivity index (χ2v) is 5.68. The lowest BCUT2D eigenvalue weighted by Crippen LogP contribution is -2.29. The van der Waals surface area contributed by atoms with E-state index in [4.69, 9.17) is 4.74 Å². The smallest absolute Gasteiger partial charge is 0.250 e. The Morgan fingerprint density at radius 2 is 2.20 bits per heavy atom. The molecule has 1 saturated carbocycles. The Bertz CT molecular complexity index is 425. The third kappa shape index (κ3) is 3.92. The van der Waals surface area contributed by atoms with E-state index in [1.54, 1.807) is 12.3 Å². The summed E-state index contributed by atoms with van der Waals surface area (Å²) in [6.45, 7) is 5.68. The van der Waals surface area contributed by atoms with Crippen molar-refractivity contribution in [3.63, 3.8) is 0 Å². The number of pyridine rings is 1. The highest BCUT2D eigenvalue weighted by atomic mass is 19.1. The van der Waals surface area contributed by atoms with Gasteiger partial charge in [0, 0.05) is 18.3 Å². The molecule has 20 heavy (non-hydrogen) atoms. The van der Waals surface area contributed by atoms with E-state index in [-0.39, 0.29) is 17.8 Å². The van der Waals surface area contributed by atoms with E-state index in [1.807, 2.05) is 0 Å². The van der Waals surface area contributed by atoms with Crippen LogP contribution in [0.4, 0.5) is 4.39 Å². The fraction of sp³-hybridized carbons (Fsp3) is 0.688. The fourth-order valence-electron chi connectivity index (χ4n) is 2.68. The molecule has 2 atom stereocenters. The predicted molar refractivity (Wildman–Crippen MR) is 78.2 cm³/mol. The second-order valence-electron chi connectivity index (χ2n) is 5.68. The van der Waals surface area contributed by atoms with Crippen LogP contribution in [0.15, 0.2) is 12.3 Å². The fourth-order valence-corrected chi connectivity index (χ4v) is 2.68. The van der Waals surface area contributed by atoms with Gasteiger partial charge in [-0.2, -0.15) is 0 Å². The van der Waals surface area contributed by atoms with Crippen molar-refractivity contribution >= 4 is 0 Å². The zero-order valence-corrected chi connectivity index (χ0v) is 12.5. The van der Waals surface area contributed by atoms with Gasteiger partial charge in [-0.05, 0) is 44.2 Å². The van der Waals surface area contributed by atoms with Crippen LogP contribution in [-0.4, -0.2) is 17.6 Å². The van der Waals surface area contributed by atoms with Crippen LogP contribution < -0.4 is 10.1 Å². The van der Waals surface area contributed by atoms with E-state index >= 15 is 0 Å². The van der Waals surface area contributed by atoms with Crippen molar-refractivity contribution in [2.75, 3.05) is 6.54 Å². The maximum Gasteiger partial charge on any atom is 0.250 e. The van der Waals surface area contributed by atoms with E-state index in [1.165, 1.54) is 6.42 Å². The van der Waals surface area contributed by atoms with Crippen LogP contribution in [0.3, 0.4) is 0 Å². The lowest BCUT2D eigenvalue weighted by molar-refractivity contribution is 0.0925. The third-order valence-electron chi connectivity index (χ3n) is 3.98. The summed E-state index contributed by atoms with van der Waals surface area (Å²) in [5, 5.41) is 3.21. The predicted octanol–water partition coefficient (Wildman–Crippen LogP) is 3.68. The molecule has 0 aliphatic heterocycles. The Labute approximate surface area is 120 Å². The Kier molecular flexibility index (Phi) is 5.77. The Balaban J connectivity index is 2.02. The Morgan fingerprint density at radius 3 is 2.95 bits per heavy atom. The van der Waals surface area contributed by atoms with Crippen LogP contribution in [0.1, 0.15) is 51.5 Å². The van der Waals surface area contributed by atoms with Crippen molar-refractivity contribution in [2.24, 2.45) is 5.92 Å². The molecule has 112 valence electrons. The lowest BCUT2D eigenvalue weighted by atomic mass is 9.88. The number of hydrogen-bond donors (Lipinski definition) is 1. The highest BCUT2D eigenvalue weighted by Gasteiger charge is 2.24. The van der Waals surface area contributed by atoms with Crippen molar-refractivity contribution in [2.45, 2.75) is 58.6 Å². The minimum absolute atomic E-state index is 0.101. The summed E-state index contributed by atoms with van der Waals surface area (Å²) in [4.78, 5) is 4.07. The minimum atomic E-state index is -0.311. The molecule has 0 spiro atoms. The number of halogens is 1. The molecule has 0 amide bonds. The SMILES string of the molecule is CCCNCc1ccnc(OC2CCCCC2C)c1F. The summed E-state index contributed by atoms with van der Waals surface area (Å²) >= 11 is 0. The molecule has 1 heterocycles. The van der Waals surface area contributed by atoms with E-state index in [0.29, 0.717) is 18.0 Å². The molecule has 1 aliphatic carbocycles. The molecule has 0 saturated heterocycles. The number of nitrogens with zero attached hydrogens (tertiary/aromatic N) is 1. The minimum Gasteiger partial charge on any atom is -0.472 e. The summed E-state index contributed by atoms with van der Waals surface area (Å²) in [5.74, 6) is 0.334. The number of aromatic nitrogens is 1. The average Bonchev–Trinajstić information content (AvgIpc) is 2.45. The van der Waals surface area contributed by atoms with Gasteiger partial charge in [-0.1, -0.05) is 20.3 Å². The monoisotopic (exact) mass is 280 g/mol. The number of hydrogen-bond acceptors (Lipinski definition) is 3. The first kappa shape index (κ1) is 15.2. The molecular weight excluding hydrogens is 255 g/mol. The molecule has 4 heteroatoms. The van der Waals surface area contributed by atoms with Gasteiger partial charge in [-0.3, -0.25) is 0 Å². The molecule has 0 radical (unpaired) electrons. The quantitative estimate of drug-likeness (QED) is 0.807. The standard InChI is InChI=1S/C16H25FN2O/c1-3-9-18-11-13-8-10-19-16(15(13)17)20-14-7-5-4-6-12(14)2/h8,10,12,14,18H,3-7,9,11H2,1-2H3. The number of ether oxygens (including phenoxy) is 1. The largest absolute Gasteiger partial charge is 0.472 e. The van der Waals surface area contributed by atoms with Gasteiger partial charge in [-0.25, -0.2) is 9.37 Å². The second kappa shape index (κ2) is 7.58. The van der Waals surface area contributed by atoms with Gasteiger partial charge in [0.1, 0.15) is 6.10 Å². The highest BCUT2D eigenvalue weighted by Crippen LogP contribution is 2.28. The number of nitrogens with one attached hydrogen (secondary N) is 1. The molecule has 2 unspecified atom stereocenters. The first-order chi connectivity index (χ1) is 9.72. The van der Waals surface area contributed by atoms with Crippen LogP contribution >= 0.6 is 0 Å². The summed E-state index contributed by atoms with van der Waals surface area (Å²) in [6.07, 6.45) is 7.34. The first-order valence-corrected chi connectivity index (χ1v) is 7.73. The first-order valence-electron chi connectivity index (χ1n) is 7.73. The zero-order chi connectivity index (χ0) is 14.4. The normalized spacial score (nSPS) is 22.8. The summed E-state index contributed by atoms with van der Waals surface area (Å²) in [7, 11) is 0. The van der Waals surface area contributed by atoms with Crippen molar-refractivity contribution < 1.29 is 9.13 Å².